The molecule has 0 bridgehead atoms. The highest BCUT2D eigenvalue weighted by Gasteiger charge is 2.06. The fourth-order valence-electron chi connectivity index (χ4n) is 0.745. The van der Waals surface area contributed by atoms with Crippen LogP contribution < -0.4 is 0 Å². The van der Waals surface area contributed by atoms with E-state index in [1.54, 1.807) is 0 Å². The zero-order valence-corrected chi connectivity index (χ0v) is 7.10. The summed E-state index contributed by atoms with van der Waals surface area (Å²) in [6.45, 7) is -0.300. The van der Waals surface area contributed by atoms with Crippen LogP contribution in [0.15, 0.2) is 16.6 Å². The molecular weight excluding hydrogens is 215 g/mol. The standard InChI is InChI=1S/C7H6BrFO2/c8-7-4(3-10)1-5(11)2-6(7)9/h1-2,10-11H,3H2. The Morgan fingerprint density at radius 2 is 2.09 bits per heavy atom. The van der Waals surface area contributed by atoms with Crippen LogP contribution in [0.3, 0.4) is 0 Å². The largest absolute Gasteiger partial charge is 0.508 e. The molecule has 0 aliphatic heterocycles. The maximum atomic E-state index is 12.7. The number of phenols is 1. The van der Waals surface area contributed by atoms with Crippen molar-refractivity contribution in [3.05, 3.63) is 28.0 Å². The Bertz CT molecular complexity index is 275. The molecule has 1 aromatic carbocycles. The molecule has 0 aliphatic carbocycles. The summed E-state index contributed by atoms with van der Waals surface area (Å²) in [6, 6.07) is 2.27. The Balaban J connectivity index is 3.24. The minimum Gasteiger partial charge on any atom is -0.508 e. The van der Waals surface area contributed by atoms with E-state index in [0.29, 0.717) is 5.56 Å². The van der Waals surface area contributed by atoms with Gasteiger partial charge in [0, 0.05) is 6.07 Å². The summed E-state index contributed by atoms with van der Waals surface area (Å²) in [7, 11) is 0. The molecule has 2 N–H and O–H groups in total. The fourth-order valence-corrected chi connectivity index (χ4v) is 1.10. The molecule has 0 heterocycles. The van der Waals surface area contributed by atoms with Crippen molar-refractivity contribution in [1.29, 1.82) is 0 Å². The Hall–Kier alpha value is -0.610. The summed E-state index contributed by atoms with van der Waals surface area (Å²) in [6.07, 6.45) is 0. The molecule has 60 valence electrons. The van der Waals surface area contributed by atoms with Crippen LogP contribution in [0.1, 0.15) is 5.56 Å². The third kappa shape index (κ3) is 1.70. The number of rotatable bonds is 1. The zero-order chi connectivity index (χ0) is 8.43. The first-order valence-corrected chi connectivity index (χ1v) is 3.72. The molecule has 0 amide bonds. The van der Waals surface area contributed by atoms with Crippen LogP contribution in [-0.2, 0) is 6.61 Å². The summed E-state index contributed by atoms with van der Waals surface area (Å²) < 4.78 is 12.9. The Morgan fingerprint density at radius 3 is 2.64 bits per heavy atom. The molecule has 2 nitrogen and oxygen atoms in total. The average Bonchev–Trinajstić information content (AvgIpc) is 1.96. The van der Waals surface area contributed by atoms with Crippen molar-refractivity contribution in [3.8, 4) is 5.75 Å². The molecule has 0 radical (unpaired) electrons. The Labute approximate surface area is 71.4 Å². The molecule has 0 aliphatic rings. The van der Waals surface area contributed by atoms with Gasteiger partial charge in [0.2, 0.25) is 0 Å². The normalized spacial score (nSPS) is 10.1. The highest BCUT2D eigenvalue weighted by Crippen LogP contribution is 2.25. The molecular formula is C7H6BrFO2. The number of benzene rings is 1. The summed E-state index contributed by atoms with van der Waals surface area (Å²) in [5.41, 5.74) is 0.336. The summed E-state index contributed by atoms with van der Waals surface area (Å²) in [5, 5.41) is 17.5. The predicted molar refractivity (Wildman–Crippen MR) is 41.7 cm³/mol. The van der Waals surface area contributed by atoms with Crippen LogP contribution in [0.4, 0.5) is 4.39 Å². The van der Waals surface area contributed by atoms with E-state index in [9.17, 15) is 4.39 Å². The van der Waals surface area contributed by atoms with Gasteiger partial charge in [0.25, 0.3) is 0 Å². The molecule has 0 spiro atoms. The first-order chi connectivity index (χ1) is 5.15. The molecule has 11 heavy (non-hydrogen) atoms. The van der Waals surface area contributed by atoms with Crippen molar-refractivity contribution in [1.82, 2.24) is 0 Å². The van der Waals surface area contributed by atoms with Crippen molar-refractivity contribution in [2.24, 2.45) is 0 Å². The molecule has 0 saturated carbocycles. The lowest BCUT2D eigenvalue weighted by Gasteiger charge is -2.01. The Kier molecular flexibility index (Phi) is 2.46. The number of halogens is 2. The van der Waals surface area contributed by atoms with E-state index in [2.05, 4.69) is 15.9 Å². The zero-order valence-electron chi connectivity index (χ0n) is 5.51. The highest BCUT2D eigenvalue weighted by molar-refractivity contribution is 9.10. The summed E-state index contributed by atoms with van der Waals surface area (Å²) in [5.74, 6) is -0.760. The lowest BCUT2D eigenvalue weighted by molar-refractivity contribution is 0.279. The molecule has 0 unspecified atom stereocenters. The van der Waals surface area contributed by atoms with Crippen molar-refractivity contribution >= 4 is 15.9 Å². The first-order valence-electron chi connectivity index (χ1n) is 2.93. The quantitative estimate of drug-likeness (QED) is 0.758. The van der Waals surface area contributed by atoms with Crippen LogP contribution in [0, 0.1) is 5.82 Å². The molecule has 1 rings (SSSR count). The van der Waals surface area contributed by atoms with E-state index >= 15 is 0 Å². The molecule has 4 heteroatoms. The van der Waals surface area contributed by atoms with Crippen LogP contribution in [0.2, 0.25) is 0 Å². The third-order valence-corrected chi connectivity index (χ3v) is 2.15. The minimum atomic E-state index is -0.575. The van der Waals surface area contributed by atoms with E-state index < -0.39 is 5.82 Å². The summed E-state index contributed by atoms with van der Waals surface area (Å²) >= 11 is 2.93. The number of phenolic OH excluding ortho intramolecular Hbond substituents is 1. The second kappa shape index (κ2) is 3.19. The van der Waals surface area contributed by atoms with Crippen LogP contribution >= 0.6 is 15.9 Å². The fraction of sp³-hybridized carbons (Fsp3) is 0.143. The first kappa shape index (κ1) is 8.49. The monoisotopic (exact) mass is 220 g/mol. The van der Waals surface area contributed by atoms with Crippen molar-refractivity contribution in [2.45, 2.75) is 6.61 Å². The van der Waals surface area contributed by atoms with Crippen LogP contribution in [0.5, 0.6) is 5.75 Å². The topological polar surface area (TPSA) is 40.5 Å². The van der Waals surface area contributed by atoms with Gasteiger partial charge in [-0.3, -0.25) is 0 Å². The van der Waals surface area contributed by atoms with Gasteiger partial charge in [-0.25, -0.2) is 4.39 Å². The van der Waals surface area contributed by atoms with Crippen molar-refractivity contribution < 1.29 is 14.6 Å². The second-order valence-corrected chi connectivity index (χ2v) is 2.85. The van der Waals surface area contributed by atoms with Crippen LogP contribution in [0.25, 0.3) is 0 Å². The van der Waals surface area contributed by atoms with Gasteiger partial charge in [-0.05, 0) is 27.6 Å². The second-order valence-electron chi connectivity index (χ2n) is 2.06. The van der Waals surface area contributed by atoms with E-state index in [1.165, 1.54) is 6.07 Å². The predicted octanol–water partition coefficient (Wildman–Crippen LogP) is 1.79. The summed E-state index contributed by atoms with van der Waals surface area (Å²) in [4.78, 5) is 0. The van der Waals surface area contributed by atoms with E-state index in [1.807, 2.05) is 0 Å². The van der Waals surface area contributed by atoms with Crippen molar-refractivity contribution in [3.63, 3.8) is 0 Å². The number of hydrogen-bond donors (Lipinski definition) is 2. The van der Waals surface area contributed by atoms with E-state index in [0.717, 1.165) is 6.07 Å². The maximum Gasteiger partial charge on any atom is 0.141 e. The van der Waals surface area contributed by atoms with Gasteiger partial charge in [0.05, 0.1) is 11.1 Å². The molecule has 0 saturated heterocycles. The average molecular weight is 221 g/mol. The highest BCUT2D eigenvalue weighted by atomic mass is 79.9. The number of aliphatic hydroxyl groups is 1. The van der Waals surface area contributed by atoms with Gasteiger partial charge in [0.15, 0.2) is 0 Å². The SMILES string of the molecule is OCc1cc(O)cc(F)c1Br. The number of aliphatic hydroxyl groups excluding tert-OH is 1. The lowest BCUT2D eigenvalue weighted by atomic mass is 10.2. The smallest absolute Gasteiger partial charge is 0.141 e. The van der Waals surface area contributed by atoms with E-state index in [-0.39, 0.29) is 16.8 Å². The molecule has 0 fully saturated rings. The number of aromatic hydroxyl groups is 1. The van der Waals surface area contributed by atoms with Gasteiger partial charge in [-0.2, -0.15) is 0 Å². The molecule has 0 atom stereocenters. The van der Waals surface area contributed by atoms with Gasteiger partial charge < -0.3 is 10.2 Å². The lowest BCUT2D eigenvalue weighted by Crippen LogP contribution is -1.88. The van der Waals surface area contributed by atoms with Gasteiger partial charge >= 0.3 is 0 Å². The molecule has 1 aromatic rings. The molecule has 0 aromatic heterocycles. The third-order valence-electron chi connectivity index (χ3n) is 1.26. The van der Waals surface area contributed by atoms with Crippen LogP contribution in [-0.4, -0.2) is 10.2 Å². The Morgan fingerprint density at radius 1 is 1.45 bits per heavy atom. The van der Waals surface area contributed by atoms with E-state index in [4.69, 9.17) is 10.2 Å². The minimum absolute atomic E-state index is 0.185. The van der Waals surface area contributed by atoms with Gasteiger partial charge in [-0.15, -0.1) is 0 Å². The van der Waals surface area contributed by atoms with Gasteiger partial charge in [0.1, 0.15) is 11.6 Å². The number of hydrogen-bond acceptors (Lipinski definition) is 2. The van der Waals surface area contributed by atoms with Gasteiger partial charge in [-0.1, -0.05) is 0 Å². The maximum absolute atomic E-state index is 12.7. The van der Waals surface area contributed by atoms with Crippen molar-refractivity contribution in [2.75, 3.05) is 0 Å².